The van der Waals surface area contributed by atoms with Gasteiger partial charge in [0.15, 0.2) is 0 Å². The Bertz CT molecular complexity index is 1310. The van der Waals surface area contributed by atoms with Crippen molar-refractivity contribution in [2.45, 2.75) is 64.1 Å². The summed E-state index contributed by atoms with van der Waals surface area (Å²) in [4.78, 5) is 65.5. The summed E-state index contributed by atoms with van der Waals surface area (Å²) in [7, 11) is 0. The predicted octanol–water partition coefficient (Wildman–Crippen LogP) is 2.12. The van der Waals surface area contributed by atoms with Crippen LogP contribution in [-0.4, -0.2) is 103 Å². The van der Waals surface area contributed by atoms with Crippen molar-refractivity contribution in [2.75, 3.05) is 46.1 Å². The van der Waals surface area contributed by atoms with E-state index < -0.39 is 35.3 Å². The van der Waals surface area contributed by atoms with Gasteiger partial charge in [0.2, 0.25) is 11.8 Å². The lowest BCUT2D eigenvalue weighted by molar-refractivity contribution is -0.136. The second kappa shape index (κ2) is 12.9. The van der Waals surface area contributed by atoms with Gasteiger partial charge in [-0.25, -0.2) is 4.79 Å². The monoisotopic (exact) mass is 596 g/mol. The molecule has 1 aromatic carbocycles. The van der Waals surface area contributed by atoms with Crippen LogP contribution in [0.5, 0.6) is 0 Å². The van der Waals surface area contributed by atoms with E-state index in [0.717, 1.165) is 42.9 Å². The first-order valence-electron chi connectivity index (χ1n) is 15.0. The van der Waals surface area contributed by atoms with Gasteiger partial charge >= 0.3 is 6.09 Å². The second-order valence-corrected chi connectivity index (χ2v) is 12.4. The second-order valence-electron chi connectivity index (χ2n) is 12.4. The van der Waals surface area contributed by atoms with Crippen molar-refractivity contribution in [3.8, 4) is 0 Å². The smallest absolute Gasteiger partial charge is 0.407 e. The van der Waals surface area contributed by atoms with E-state index in [4.69, 9.17) is 14.2 Å². The first-order valence-corrected chi connectivity index (χ1v) is 15.0. The molecule has 2 unspecified atom stereocenters. The van der Waals surface area contributed by atoms with Crippen LogP contribution in [0.25, 0.3) is 5.57 Å². The molecule has 43 heavy (non-hydrogen) atoms. The van der Waals surface area contributed by atoms with Crippen LogP contribution in [0, 0.1) is 5.92 Å². The van der Waals surface area contributed by atoms with Crippen LogP contribution in [-0.2, 0) is 23.8 Å². The number of piperidine rings is 2. The first kappa shape index (κ1) is 30.8. The van der Waals surface area contributed by atoms with Crippen molar-refractivity contribution in [2.24, 2.45) is 5.92 Å². The van der Waals surface area contributed by atoms with Crippen molar-refractivity contribution < 1.29 is 38.2 Å². The highest BCUT2D eigenvalue weighted by Crippen LogP contribution is 2.43. The lowest BCUT2D eigenvalue weighted by atomic mass is 9.99. The highest BCUT2D eigenvalue weighted by molar-refractivity contribution is 6.25. The summed E-state index contributed by atoms with van der Waals surface area (Å²) in [6.07, 6.45) is 3.59. The van der Waals surface area contributed by atoms with Crippen molar-refractivity contribution in [1.82, 2.24) is 20.4 Å². The van der Waals surface area contributed by atoms with Crippen LogP contribution < -0.4 is 10.6 Å². The first-order chi connectivity index (χ1) is 20.5. The minimum Gasteiger partial charge on any atom is -0.444 e. The van der Waals surface area contributed by atoms with E-state index in [-0.39, 0.29) is 36.5 Å². The average molecular weight is 597 g/mol. The van der Waals surface area contributed by atoms with Crippen molar-refractivity contribution in [1.29, 1.82) is 0 Å². The van der Waals surface area contributed by atoms with E-state index in [2.05, 4.69) is 15.5 Å². The molecule has 0 aromatic heterocycles. The van der Waals surface area contributed by atoms with Gasteiger partial charge in [-0.15, -0.1) is 0 Å². The number of ether oxygens (including phenoxy) is 3. The maximum absolute atomic E-state index is 13.3. The van der Waals surface area contributed by atoms with Gasteiger partial charge in [0.25, 0.3) is 11.8 Å². The fourth-order valence-electron chi connectivity index (χ4n) is 5.75. The standard InChI is InChI=1S/C31H40N4O8/c1-31(2,3)43-30(40)32-20-9-11-34(12-10-20)13-14-41-15-16-42-18-19-17-23(19)21-5-4-6-22-26(21)29(39)35(28(22)38)24-7-8-25(36)33-27(24)37/h4-6,17,19-20,24H,7-16,18H2,1-3H3,(H,32,40)(H,33,36,37). The van der Waals surface area contributed by atoms with Gasteiger partial charge < -0.3 is 24.4 Å². The van der Waals surface area contributed by atoms with Crippen LogP contribution >= 0.6 is 0 Å². The molecule has 2 atom stereocenters. The van der Waals surface area contributed by atoms with Crippen molar-refractivity contribution in [3.63, 3.8) is 0 Å². The molecule has 1 aromatic rings. The van der Waals surface area contributed by atoms with E-state index in [9.17, 15) is 24.0 Å². The largest absolute Gasteiger partial charge is 0.444 e. The predicted molar refractivity (Wildman–Crippen MR) is 155 cm³/mol. The molecule has 0 spiro atoms. The molecule has 2 saturated heterocycles. The molecule has 12 nitrogen and oxygen atoms in total. The Morgan fingerprint density at radius 2 is 1.70 bits per heavy atom. The molecule has 4 aliphatic rings. The molecule has 2 N–H and O–H groups in total. The van der Waals surface area contributed by atoms with Gasteiger partial charge in [0.05, 0.1) is 37.6 Å². The molecule has 0 radical (unpaired) electrons. The van der Waals surface area contributed by atoms with Gasteiger partial charge in [-0.1, -0.05) is 18.2 Å². The van der Waals surface area contributed by atoms with Crippen molar-refractivity contribution in [3.05, 3.63) is 41.0 Å². The summed E-state index contributed by atoms with van der Waals surface area (Å²) in [6, 6.07) is 4.28. The Labute approximate surface area is 251 Å². The van der Waals surface area contributed by atoms with Crippen LogP contribution in [0.1, 0.15) is 72.7 Å². The number of fused-ring (bicyclic) bond motifs is 1. The number of nitrogens with zero attached hydrogens (tertiary/aromatic N) is 2. The lowest BCUT2D eigenvalue weighted by Crippen LogP contribution is -2.54. The summed E-state index contributed by atoms with van der Waals surface area (Å²) in [6.45, 7) is 10.1. The van der Waals surface area contributed by atoms with Gasteiger partial charge in [-0.05, 0) is 57.2 Å². The topological polar surface area (TPSA) is 144 Å². The fourth-order valence-corrected chi connectivity index (χ4v) is 5.75. The zero-order valence-corrected chi connectivity index (χ0v) is 25.0. The molecular weight excluding hydrogens is 556 g/mol. The van der Waals surface area contributed by atoms with E-state index in [1.165, 1.54) is 0 Å². The molecule has 3 heterocycles. The number of hydrogen-bond acceptors (Lipinski definition) is 9. The zero-order valence-electron chi connectivity index (χ0n) is 25.0. The summed E-state index contributed by atoms with van der Waals surface area (Å²) in [5.41, 5.74) is 1.70. The molecule has 12 heteroatoms. The van der Waals surface area contributed by atoms with Gasteiger partial charge in [-0.2, -0.15) is 0 Å². The van der Waals surface area contributed by atoms with Crippen LogP contribution in [0.15, 0.2) is 24.3 Å². The summed E-state index contributed by atoms with van der Waals surface area (Å²) in [5.74, 6) is -2.00. The minimum atomic E-state index is -0.988. The molecule has 2 fully saturated rings. The molecule has 0 saturated carbocycles. The molecule has 0 bridgehead atoms. The number of benzene rings is 1. The van der Waals surface area contributed by atoms with Gasteiger partial charge in [0, 0.05) is 38.0 Å². The summed E-state index contributed by atoms with van der Waals surface area (Å²) >= 11 is 0. The van der Waals surface area contributed by atoms with Crippen LogP contribution in [0.3, 0.4) is 0 Å². The fraction of sp³-hybridized carbons (Fsp3) is 0.581. The Kier molecular flexibility index (Phi) is 9.28. The normalized spacial score (nSPS) is 22.8. The number of likely N-dealkylation sites (tertiary alicyclic amines) is 1. The Morgan fingerprint density at radius 3 is 2.42 bits per heavy atom. The van der Waals surface area contributed by atoms with Gasteiger partial charge in [-0.3, -0.25) is 29.4 Å². The number of carbonyl (C=O) groups is 5. The van der Waals surface area contributed by atoms with E-state index in [1.54, 1.807) is 12.1 Å². The van der Waals surface area contributed by atoms with E-state index in [1.807, 2.05) is 32.9 Å². The zero-order chi connectivity index (χ0) is 30.7. The van der Waals surface area contributed by atoms with Crippen LogP contribution in [0.4, 0.5) is 4.79 Å². The quantitative estimate of drug-likeness (QED) is 0.290. The number of amides is 5. The summed E-state index contributed by atoms with van der Waals surface area (Å²) in [5, 5.41) is 5.17. The molecule has 5 rings (SSSR count). The number of rotatable bonds is 11. The Balaban J connectivity index is 0.981. The number of hydrogen-bond donors (Lipinski definition) is 2. The summed E-state index contributed by atoms with van der Waals surface area (Å²) < 4.78 is 16.9. The van der Waals surface area contributed by atoms with E-state index in [0.29, 0.717) is 37.6 Å². The number of imide groups is 2. The average Bonchev–Trinajstić information content (AvgIpc) is 3.67. The lowest BCUT2D eigenvalue weighted by Gasteiger charge is -2.32. The maximum atomic E-state index is 13.3. The number of nitrogens with one attached hydrogen (secondary N) is 2. The number of alkyl carbamates (subject to hydrolysis) is 1. The maximum Gasteiger partial charge on any atom is 0.407 e. The molecule has 5 amide bonds. The molecular formula is C31H40N4O8. The Morgan fingerprint density at radius 1 is 0.977 bits per heavy atom. The van der Waals surface area contributed by atoms with Gasteiger partial charge in [0.1, 0.15) is 11.6 Å². The van der Waals surface area contributed by atoms with E-state index >= 15 is 0 Å². The highest BCUT2D eigenvalue weighted by atomic mass is 16.6. The minimum absolute atomic E-state index is 0.0367. The highest BCUT2D eigenvalue weighted by Gasteiger charge is 2.46. The third-order valence-corrected chi connectivity index (χ3v) is 7.98. The molecule has 1 aliphatic carbocycles. The third kappa shape index (κ3) is 7.49. The van der Waals surface area contributed by atoms with Crippen molar-refractivity contribution >= 4 is 35.3 Å². The molecule has 3 aliphatic heterocycles. The van der Waals surface area contributed by atoms with Crippen LogP contribution in [0.2, 0.25) is 0 Å². The molecule has 232 valence electrons. The SMILES string of the molecule is CC(C)(C)OC(=O)NC1CCN(CCOCCOCC2C=C2c2cccc3c2C(=O)N(C2CCC(=O)NC2=O)C3=O)CC1. The number of carbonyl (C=O) groups excluding carboxylic acids is 5. The third-order valence-electron chi connectivity index (χ3n) is 7.98. The Hall–Kier alpha value is -3.61.